The van der Waals surface area contributed by atoms with Crippen LogP contribution >= 0.6 is 0 Å². The number of hydrogen-bond donors (Lipinski definition) is 2. The van der Waals surface area contributed by atoms with Gasteiger partial charge in [-0.15, -0.1) is 0 Å². The van der Waals surface area contributed by atoms with Crippen LogP contribution in [0.25, 0.3) is 10.9 Å². The fourth-order valence-electron chi connectivity index (χ4n) is 3.53. The number of rotatable bonds is 5. The Bertz CT molecular complexity index is 1300. The first-order valence-corrected chi connectivity index (χ1v) is 10.3. The lowest BCUT2D eigenvalue weighted by atomic mass is 10.0. The zero-order chi connectivity index (χ0) is 22.7. The minimum Gasteiger partial charge on any atom is -0.494 e. The second kappa shape index (κ2) is 8.93. The van der Waals surface area contributed by atoms with Crippen LogP contribution in [0.2, 0.25) is 0 Å². The summed E-state index contributed by atoms with van der Waals surface area (Å²) in [5.74, 6) is 0.00400. The Hall–Kier alpha value is -4.13. The number of nitrogens with one attached hydrogen (secondary N) is 1. The van der Waals surface area contributed by atoms with Crippen molar-refractivity contribution < 1.29 is 14.6 Å². The van der Waals surface area contributed by atoms with E-state index in [1.807, 2.05) is 61.5 Å². The maximum atomic E-state index is 12.2. The number of aromatic hydroxyl groups is 1. The molecule has 0 saturated carbocycles. The molecule has 32 heavy (non-hydrogen) atoms. The van der Waals surface area contributed by atoms with Crippen molar-refractivity contribution in [3.8, 4) is 5.88 Å². The number of hydrogen-bond acceptors (Lipinski definition) is 5. The maximum Gasteiger partial charge on any atom is 0.413 e. The third-order valence-corrected chi connectivity index (χ3v) is 5.10. The highest BCUT2D eigenvalue weighted by atomic mass is 16.6. The number of nitrogens with zero attached hydrogens (tertiary/aromatic N) is 3. The van der Waals surface area contributed by atoms with E-state index in [9.17, 15) is 9.90 Å². The van der Waals surface area contributed by atoms with Gasteiger partial charge < -0.3 is 14.8 Å². The van der Waals surface area contributed by atoms with Crippen molar-refractivity contribution >= 4 is 34.1 Å². The van der Waals surface area contributed by atoms with E-state index in [1.54, 1.807) is 26.2 Å². The molecule has 0 radical (unpaired) electrons. The van der Waals surface area contributed by atoms with E-state index >= 15 is 0 Å². The van der Waals surface area contributed by atoms with Gasteiger partial charge in [0, 0.05) is 41.1 Å². The quantitative estimate of drug-likeness (QED) is 0.420. The molecule has 0 spiro atoms. The normalized spacial score (nSPS) is 11.5. The lowest BCUT2D eigenvalue weighted by molar-refractivity contribution is 0.161. The lowest BCUT2D eigenvalue weighted by Crippen LogP contribution is -2.26. The summed E-state index contributed by atoms with van der Waals surface area (Å²) in [6, 6.07) is 18.8. The number of pyridine rings is 1. The number of fused-ring (bicyclic) bond motifs is 1. The molecule has 0 saturated heterocycles. The molecular formula is C25H24N4O3. The highest BCUT2D eigenvalue weighted by molar-refractivity contribution is 6.22. The Labute approximate surface area is 186 Å². The van der Waals surface area contributed by atoms with Crippen LogP contribution in [0.4, 0.5) is 16.2 Å². The van der Waals surface area contributed by atoms with Crippen molar-refractivity contribution in [1.82, 2.24) is 9.97 Å². The fraction of sp³-hybridized carbons (Fsp3) is 0.160. The van der Waals surface area contributed by atoms with Gasteiger partial charge in [0.05, 0.1) is 23.6 Å². The summed E-state index contributed by atoms with van der Waals surface area (Å²) < 4.78 is 5.11. The molecular weight excluding hydrogens is 404 g/mol. The van der Waals surface area contributed by atoms with Gasteiger partial charge in [-0.2, -0.15) is 0 Å². The smallest absolute Gasteiger partial charge is 0.413 e. The number of H-pyrrole nitrogens is 1. The highest BCUT2D eigenvalue weighted by Crippen LogP contribution is 2.34. The molecule has 162 valence electrons. The van der Waals surface area contributed by atoms with Crippen LogP contribution < -0.4 is 4.90 Å². The molecule has 2 N–H and O–H groups in total. The number of aryl methyl sites for hydroxylation is 1. The predicted molar refractivity (Wildman–Crippen MR) is 126 cm³/mol. The Kier molecular flexibility index (Phi) is 5.89. The average molecular weight is 428 g/mol. The number of anilines is 1. The molecule has 2 aromatic heterocycles. The van der Waals surface area contributed by atoms with Crippen molar-refractivity contribution in [3.63, 3.8) is 0 Å². The zero-order valence-electron chi connectivity index (χ0n) is 18.2. The number of aromatic nitrogens is 2. The van der Waals surface area contributed by atoms with Crippen LogP contribution in [0, 0.1) is 6.92 Å². The average Bonchev–Trinajstić information content (AvgIpc) is 3.12. The largest absolute Gasteiger partial charge is 0.494 e. The molecule has 4 aromatic rings. The van der Waals surface area contributed by atoms with Crippen LogP contribution in [0.5, 0.6) is 5.88 Å². The molecule has 0 aliphatic carbocycles. The Morgan fingerprint density at radius 1 is 1.16 bits per heavy atom. The first-order chi connectivity index (χ1) is 15.5. The number of aromatic amines is 1. The number of carbonyl (C=O) groups excluding carboxylic acids is 1. The van der Waals surface area contributed by atoms with Crippen LogP contribution in [0.1, 0.15) is 23.7 Å². The van der Waals surface area contributed by atoms with Crippen LogP contribution in [-0.4, -0.2) is 40.5 Å². The fourth-order valence-corrected chi connectivity index (χ4v) is 3.53. The van der Waals surface area contributed by atoms with Crippen LogP contribution in [-0.2, 0) is 4.74 Å². The number of aliphatic imine (C=N–C) groups is 1. The van der Waals surface area contributed by atoms with Gasteiger partial charge in [-0.05, 0) is 44.2 Å². The molecule has 0 aliphatic rings. The van der Waals surface area contributed by atoms with E-state index in [1.165, 1.54) is 4.90 Å². The van der Waals surface area contributed by atoms with Crippen LogP contribution in [0.15, 0.2) is 71.9 Å². The maximum absolute atomic E-state index is 12.2. The molecule has 0 atom stereocenters. The van der Waals surface area contributed by atoms with E-state index < -0.39 is 6.09 Å². The monoisotopic (exact) mass is 428 g/mol. The highest BCUT2D eigenvalue weighted by Gasteiger charge is 2.20. The van der Waals surface area contributed by atoms with Crippen LogP contribution in [0.3, 0.4) is 0 Å². The molecule has 7 nitrogen and oxygen atoms in total. The van der Waals surface area contributed by atoms with Crippen molar-refractivity contribution in [2.75, 3.05) is 18.6 Å². The van der Waals surface area contributed by atoms with Gasteiger partial charge in [0.2, 0.25) is 0 Å². The molecule has 2 aromatic carbocycles. The number of benzene rings is 2. The second-order valence-corrected chi connectivity index (χ2v) is 7.32. The van der Waals surface area contributed by atoms with Gasteiger partial charge in [0.25, 0.3) is 0 Å². The van der Waals surface area contributed by atoms with Gasteiger partial charge in [0.15, 0.2) is 5.88 Å². The number of ether oxygens (including phenoxy) is 1. The Morgan fingerprint density at radius 3 is 2.66 bits per heavy atom. The lowest BCUT2D eigenvalue weighted by Gasteiger charge is -2.17. The topological polar surface area (TPSA) is 90.8 Å². The number of amides is 1. The van der Waals surface area contributed by atoms with E-state index in [-0.39, 0.29) is 12.5 Å². The van der Waals surface area contributed by atoms with Gasteiger partial charge in [-0.25, -0.2) is 9.79 Å². The van der Waals surface area contributed by atoms with Crippen molar-refractivity contribution in [1.29, 1.82) is 0 Å². The third-order valence-electron chi connectivity index (χ3n) is 5.10. The third kappa shape index (κ3) is 4.18. The number of carbonyl (C=O) groups is 1. The summed E-state index contributed by atoms with van der Waals surface area (Å²) in [6.45, 7) is 3.96. The van der Waals surface area contributed by atoms with E-state index in [4.69, 9.17) is 9.73 Å². The molecule has 2 heterocycles. The molecule has 0 bridgehead atoms. The molecule has 7 heteroatoms. The Balaban J connectivity index is 1.91. The first-order valence-electron chi connectivity index (χ1n) is 10.3. The summed E-state index contributed by atoms with van der Waals surface area (Å²) in [5.41, 5.74) is 4.96. The van der Waals surface area contributed by atoms with Crippen molar-refractivity contribution in [2.24, 2.45) is 4.99 Å². The van der Waals surface area contributed by atoms with Gasteiger partial charge in [-0.3, -0.25) is 9.88 Å². The van der Waals surface area contributed by atoms with E-state index in [0.717, 1.165) is 27.8 Å². The summed E-state index contributed by atoms with van der Waals surface area (Å²) in [5, 5.41) is 11.6. The Morgan fingerprint density at radius 2 is 1.94 bits per heavy atom. The van der Waals surface area contributed by atoms with Gasteiger partial charge in [0.1, 0.15) is 0 Å². The zero-order valence-corrected chi connectivity index (χ0v) is 18.2. The molecule has 0 aliphatic heterocycles. The standard InChI is InChI=1S/C25H24N4O3/c1-4-32-25(31)29(3)19-10-11-21-20(15-19)22(24(30)28-21)23(17-8-6-5-7-9-17)27-18-12-13-26-16(2)14-18/h5-15,28,30H,4H2,1-3H3. The van der Waals surface area contributed by atoms with Crippen molar-refractivity contribution in [3.05, 3.63) is 83.7 Å². The minimum atomic E-state index is -0.447. The first kappa shape index (κ1) is 21.1. The van der Waals surface area contributed by atoms with Gasteiger partial charge in [-0.1, -0.05) is 30.3 Å². The molecule has 1 amide bonds. The van der Waals surface area contributed by atoms with E-state index in [2.05, 4.69) is 9.97 Å². The summed E-state index contributed by atoms with van der Waals surface area (Å²) in [7, 11) is 1.65. The molecule has 0 fully saturated rings. The SMILES string of the molecule is CCOC(=O)N(C)c1ccc2[nH]c(O)c(C(=Nc3ccnc(C)c3)c3ccccc3)c2c1. The summed E-state index contributed by atoms with van der Waals surface area (Å²) in [6.07, 6.45) is 1.26. The minimum absolute atomic E-state index is 0.00400. The summed E-state index contributed by atoms with van der Waals surface area (Å²) >= 11 is 0. The predicted octanol–water partition coefficient (Wildman–Crippen LogP) is 5.34. The van der Waals surface area contributed by atoms with Crippen molar-refractivity contribution in [2.45, 2.75) is 13.8 Å². The molecule has 0 unspecified atom stereocenters. The van der Waals surface area contributed by atoms with E-state index in [0.29, 0.717) is 17.0 Å². The second-order valence-electron chi connectivity index (χ2n) is 7.32. The summed E-state index contributed by atoms with van der Waals surface area (Å²) in [4.78, 5) is 25.8. The molecule has 4 rings (SSSR count). The van der Waals surface area contributed by atoms with Gasteiger partial charge >= 0.3 is 6.09 Å².